The van der Waals surface area contributed by atoms with Crippen LogP contribution in [0.25, 0.3) is 10.9 Å². The molecule has 1 N–H and O–H groups in total. The summed E-state index contributed by atoms with van der Waals surface area (Å²) in [5, 5.41) is 1.57. The number of H-pyrrole nitrogens is 1. The first-order valence-electron chi connectivity index (χ1n) is 9.44. The minimum Gasteiger partial charge on any atom is -0.360 e. The number of carbonyl (C=O) groups excluding carboxylic acids is 2. The smallest absolute Gasteiger partial charge is 0.253 e. The molecule has 1 fully saturated rings. The molecule has 1 saturated heterocycles. The van der Waals surface area contributed by atoms with Gasteiger partial charge in [-0.15, -0.1) is 0 Å². The van der Waals surface area contributed by atoms with E-state index >= 15 is 0 Å². The van der Waals surface area contributed by atoms with Crippen molar-refractivity contribution in [3.05, 3.63) is 70.9 Å². The molecule has 0 saturated carbocycles. The first-order valence-corrected chi connectivity index (χ1v) is 9.81. The molecule has 4 rings (SSSR count). The average molecular weight is 396 g/mol. The molecule has 0 spiro atoms. The number of hydrogen-bond donors (Lipinski definition) is 1. The van der Waals surface area contributed by atoms with Crippen LogP contribution in [0.3, 0.4) is 0 Å². The molecule has 3 aromatic rings. The Hall–Kier alpha value is -2.63. The summed E-state index contributed by atoms with van der Waals surface area (Å²) in [4.78, 5) is 32.8. The summed E-state index contributed by atoms with van der Waals surface area (Å²) < 4.78 is 0. The fraction of sp³-hybridized carbons (Fsp3) is 0.273. The molecule has 2 heterocycles. The molecule has 2 aromatic carbocycles. The average Bonchev–Trinajstić information content (AvgIpc) is 3.17. The van der Waals surface area contributed by atoms with Crippen molar-refractivity contribution in [1.29, 1.82) is 0 Å². The number of amides is 1. The zero-order valence-electron chi connectivity index (χ0n) is 15.7. The lowest BCUT2D eigenvalue weighted by Crippen LogP contribution is -2.53. The van der Waals surface area contributed by atoms with Crippen LogP contribution < -0.4 is 0 Å². The van der Waals surface area contributed by atoms with Gasteiger partial charge in [0.15, 0.2) is 5.78 Å². The second kappa shape index (κ2) is 7.78. The van der Waals surface area contributed by atoms with Crippen LogP contribution in [-0.2, 0) is 0 Å². The maximum absolute atomic E-state index is 13.0. The number of ketones is 1. The molecule has 5 nitrogen and oxygen atoms in total. The van der Waals surface area contributed by atoms with E-state index in [0.29, 0.717) is 36.8 Å². The molecular weight excluding hydrogens is 374 g/mol. The first kappa shape index (κ1) is 18.7. The number of piperazine rings is 1. The molecule has 1 amide bonds. The van der Waals surface area contributed by atoms with Gasteiger partial charge in [0, 0.05) is 59.4 Å². The Balaban J connectivity index is 1.41. The first-order chi connectivity index (χ1) is 13.5. The second-order valence-corrected chi connectivity index (χ2v) is 7.56. The van der Waals surface area contributed by atoms with Crippen molar-refractivity contribution in [3.8, 4) is 0 Å². The summed E-state index contributed by atoms with van der Waals surface area (Å²) in [6.07, 6.45) is 1.80. The van der Waals surface area contributed by atoms with Gasteiger partial charge in [-0.05, 0) is 37.3 Å². The largest absolute Gasteiger partial charge is 0.360 e. The minimum atomic E-state index is -0.230. The van der Waals surface area contributed by atoms with Crippen molar-refractivity contribution >= 4 is 34.2 Å². The lowest BCUT2D eigenvalue weighted by Gasteiger charge is -2.37. The van der Waals surface area contributed by atoms with E-state index in [1.807, 2.05) is 36.1 Å². The molecule has 1 unspecified atom stereocenters. The number of halogens is 1. The molecule has 144 valence electrons. The fourth-order valence-electron chi connectivity index (χ4n) is 3.75. The minimum absolute atomic E-state index is 0.00641. The predicted molar refractivity (Wildman–Crippen MR) is 111 cm³/mol. The van der Waals surface area contributed by atoms with Gasteiger partial charge in [0.2, 0.25) is 0 Å². The Kier molecular flexibility index (Phi) is 5.20. The number of nitrogens with zero attached hydrogens (tertiary/aromatic N) is 2. The van der Waals surface area contributed by atoms with E-state index in [1.165, 1.54) is 0 Å². The second-order valence-electron chi connectivity index (χ2n) is 7.12. The molecule has 1 atom stereocenters. The lowest BCUT2D eigenvalue weighted by molar-refractivity contribution is 0.0552. The monoisotopic (exact) mass is 395 g/mol. The molecule has 1 aromatic heterocycles. The molecule has 1 aliphatic rings. The summed E-state index contributed by atoms with van der Waals surface area (Å²) in [7, 11) is 0. The lowest BCUT2D eigenvalue weighted by atomic mass is 10.0. The number of fused-ring (bicyclic) bond motifs is 1. The number of Topliss-reactive ketones (excluding diaryl/α,β-unsaturated/α-hetero) is 1. The van der Waals surface area contributed by atoms with Crippen molar-refractivity contribution in [1.82, 2.24) is 14.8 Å². The molecule has 28 heavy (non-hydrogen) atoms. The van der Waals surface area contributed by atoms with E-state index in [-0.39, 0.29) is 17.7 Å². The number of aromatic amines is 1. The summed E-state index contributed by atoms with van der Waals surface area (Å²) >= 11 is 5.90. The topological polar surface area (TPSA) is 56.4 Å². The van der Waals surface area contributed by atoms with E-state index < -0.39 is 0 Å². The molecule has 6 heteroatoms. The predicted octanol–water partition coefficient (Wildman–Crippen LogP) is 3.85. The normalized spacial score (nSPS) is 16.3. The zero-order chi connectivity index (χ0) is 19.7. The van der Waals surface area contributed by atoms with Gasteiger partial charge < -0.3 is 9.88 Å². The third-order valence-corrected chi connectivity index (χ3v) is 5.73. The Morgan fingerprint density at radius 3 is 2.39 bits per heavy atom. The summed E-state index contributed by atoms with van der Waals surface area (Å²) in [5.74, 6) is 0.113. The van der Waals surface area contributed by atoms with Crippen molar-refractivity contribution in [2.45, 2.75) is 13.0 Å². The van der Waals surface area contributed by atoms with Crippen LogP contribution in [0.5, 0.6) is 0 Å². The van der Waals surface area contributed by atoms with E-state index in [2.05, 4.69) is 9.88 Å². The third kappa shape index (κ3) is 3.55. The van der Waals surface area contributed by atoms with Gasteiger partial charge in [-0.3, -0.25) is 14.5 Å². The summed E-state index contributed by atoms with van der Waals surface area (Å²) in [5.41, 5.74) is 2.33. The standard InChI is InChI=1S/C22H22ClN3O2/c1-15(21(27)19-14-24-20-5-3-2-4-18(19)20)25-10-12-26(13-11-25)22(28)16-6-8-17(23)9-7-16/h2-9,14-15,24H,10-13H2,1H3. The van der Waals surface area contributed by atoms with Gasteiger partial charge >= 0.3 is 0 Å². The summed E-state index contributed by atoms with van der Waals surface area (Å²) in [6.45, 7) is 4.50. The van der Waals surface area contributed by atoms with Crippen LogP contribution in [0.2, 0.25) is 5.02 Å². The van der Waals surface area contributed by atoms with Crippen molar-refractivity contribution in [2.24, 2.45) is 0 Å². The van der Waals surface area contributed by atoms with Crippen LogP contribution in [0.1, 0.15) is 27.6 Å². The Bertz CT molecular complexity index is 1000. The van der Waals surface area contributed by atoms with Crippen LogP contribution >= 0.6 is 11.6 Å². The van der Waals surface area contributed by atoms with Crippen LogP contribution in [0.15, 0.2) is 54.7 Å². The Morgan fingerprint density at radius 1 is 1.00 bits per heavy atom. The van der Waals surface area contributed by atoms with Crippen molar-refractivity contribution in [3.63, 3.8) is 0 Å². The van der Waals surface area contributed by atoms with E-state index in [1.54, 1.807) is 30.5 Å². The molecule has 0 radical (unpaired) electrons. The van der Waals surface area contributed by atoms with Gasteiger partial charge in [0.25, 0.3) is 5.91 Å². The maximum atomic E-state index is 13.0. The van der Waals surface area contributed by atoms with Gasteiger partial charge in [-0.1, -0.05) is 29.8 Å². The molecule has 1 aliphatic heterocycles. The fourth-order valence-corrected chi connectivity index (χ4v) is 3.88. The zero-order valence-corrected chi connectivity index (χ0v) is 16.4. The van der Waals surface area contributed by atoms with Crippen LogP contribution in [0.4, 0.5) is 0 Å². The molecule has 0 aliphatic carbocycles. The summed E-state index contributed by atoms with van der Waals surface area (Å²) in [6, 6.07) is 14.6. The van der Waals surface area contributed by atoms with E-state index in [0.717, 1.165) is 16.5 Å². The van der Waals surface area contributed by atoms with E-state index in [9.17, 15) is 9.59 Å². The Labute approximate surface area is 168 Å². The maximum Gasteiger partial charge on any atom is 0.253 e. The van der Waals surface area contributed by atoms with Crippen LogP contribution in [-0.4, -0.2) is 58.7 Å². The van der Waals surface area contributed by atoms with Gasteiger partial charge in [0.1, 0.15) is 0 Å². The highest BCUT2D eigenvalue weighted by Gasteiger charge is 2.29. The number of nitrogens with one attached hydrogen (secondary N) is 1. The highest BCUT2D eigenvalue weighted by atomic mass is 35.5. The number of hydrogen-bond acceptors (Lipinski definition) is 3. The van der Waals surface area contributed by atoms with Crippen molar-refractivity contribution in [2.75, 3.05) is 26.2 Å². The van der Waals surface area contributed by atoms with Gasteiger partial charge in [-0.25, -0.2) is 0 Å². The SMILES string of the molecule is CC(C(=O)c1c[nH]c2ccccc12)N1CCN(C(=O)c2ccc(Cl)cc2)CC1. The highest BCUT2D eigenvalue weighted by Crippen LogP contribution is 2.21. The van der Waals surface area contributed by atoms with Crippen molar-refractivity contribution < 1.29 is 9.59 Å². The number of benzene rings is 2. The molecule has 0 bridgehead atoms. The number of para-hydroxylation sites is 1. The molecular formula is C22H22ClN3O2. The quantitative estimate of drug-likeness (QED) is 0.682. The Morgan fingerprint density at radius 2 is 1.68 bits per heavy atom. The van der Waals surface area contributed by atoms with Crippen LogP contribution in [0, 0.1) is 0 Å². The van der Waals surface area contributed by atoms with E-state index in [4.69, 9.17) is 11.6 Å². The highest BCUT2D eigenvalue weighted by molar-refractivity contribution is 6.30. The number of carbonyl (C=O) groups is 2. The number of aromatic nitrogens is 1. The number of rotatable bonds is 4. The van der Waals surface area contributed by atoms with Gasteiger partial charge in [-0.2, -0.15) is 0 Å². The van der Waals surface area contributed by atoms with Gasteiger partial charge in [0.05, 0.1) is 6.04 Å². The third-order valence-electron chi connectivity index (χ3n) is 5.47.